The van der Waals surface area contributed by atoms with Crippen LogP contribution in [0.15, 0.2) is 24.3 Å². The summed E-state index contributed by atoms with van der Waals surface area (Å²) in [5, 5.41) is 11.8. The molecule has 1 atom stereocenters. The fraction of sp³-hybridized carbons (Fsp3) is 0.438. The molecule has 1 aromatic rings. The molecule has 2 N–H and O–H groups in total. The smallest absolute Gasteiger partial charge is 0.321 e. The molecule has 3 rings (SSSR count). The summed E-state index contributed by atoms with van der Waals surface area (Å²) in [5.41, 5.74) is 1.26. The van der Waals surface area contributed by atoms with Crippen LogP contribution in [0, 0.1) is 5.92 Å². The van der Waals surface area contributed by atoms with Gasteiger partial charge in [-0.2, -0.15) is 0 Å². The number of anilines is 1. The number of benzene rings is 1. The normalized spacial score (nSPS) is 21.2. The molecular formula is C16H19N3O4. The van der Waals surface area contributed by atoms with Crippen molar-refractivity contribution in [2.24, 2.45) is 5.92 Å². The summed E-state index contributed by atoms with van der Waals surface area (Å²) < 4.78 is 0. The molecule has 0 saturated carbocycles. The molecule has 2 heterocycles. The molecule has 3 amide bonds. The fourth-order valence-corrected chi connectivity index (χ4v) is 3.05. The molecule has 122 valence electrons. The second-order valence-electron chi connectivity index (χ2n) is 5.86. The summed E-state index contributed by atoms with van der Waals surface area (Å²) >= 11 is 0. The van der Waals surface area contributed by atoms with Crippen LogP contribution < -0.4 is 10.2 Å². The predicted octanol–water partition coefficient (Wildman–Crippen LogP) is 1.15. The Bertz CT molecular complexity index is 629. The number of hydrogen-bond acceptors (Lipinski definition) is 3. The lowest BCUT2D eigenvalue weighted by Crippen LogP contribution is -2.42. The first-order valence-corrected chi connectivity index (χ1v) is 7.74. The van der Waals surface area contributed by atoms with Crippen molar-refractivity contribution < 1.29 is 19.5 Å². The third-order valence-corrected chi connectivity index (χ3v) is 4.34. The van der Waals surface area contributed by atoms with Gasteiger partial charge in [0.1, 0.15) is 0 Å². The number of carbonyl (C=O) groups excluding carboxylic acids is 2. The van der Waals surface area contributed by atoms with Crippen LogP contribution in [-0.4, -0.2) is 54.1 Å². The zero-order valence-electron chi connectivity index (χ0n) is 12.7. The number of piperidine rings is 1. The van der Waals surface area contributed by atoms with Crippen LogP contribution in [0.3, 0.4) is 0 Å². The summed E-state index contributed by atoms with van der Waals surface area (Å²) in [6, 6.07) is 6.74. The number of carbonyl (C=O) groups is 3. The van der Waals surface area contributed by atoms with Crippen molar-refractivity contribution in [3.8, 4) is 0 Å². The highest BCUT2D eigenvalue weighted by Crippen LogP contribution is 2.21. The third kappa shape index (κ3) is 3.13. The molecule has 0 bridgehead atoms. The Hall–Kier alpha value is -2.57. The average Bonchev–Trinajstić information content (AvgIpc) is 3.00. The SMILES string of the molecule is O=C(O)[C@@H]1CCCN(C(=O)c2ccc(N3CCNC3=O)cc2)C1. The molecule has 7 nitrogen and oxygen atoms in total. The van der Waals surface area contributed by atoms with Crippen molar-refractivity contribution in [1.82, 2.24) is 10.2 Å². The van der Waals surface area contributed by atoms with E-state index in [4.69, 9.17) is 5.11 Å². The minimum atomic E-state index is -0.849. The topological polar surface area (TPSA) is 89.9 Å². The Morgan fingerprint density at radius 3 is 2.52 bits per heavy atom. The summed E-state index contributed by atoms with van der Waals surface area (Å²) in [7, 11) is 0. The Kier molecular flexibility index (Phi) is 4.18. The van der Waals surface area contributed by atoms with E-state index in [1.807, 2.05) is 0 Å². The lowest BCUT2D eigenvalue weighted by Gasteiger charge is -2.30. The first kappa shape index (κ1) is 15.3. The molecule has 23 heavy (non-hydrogen) atoms. The summed E-state index contributed by atoms with van der Waals surface area (Å²) in [6.45, 7) is 2.06. The Morgan fingerprint density at radius 1 is 1.17 bits per heavy atom. The number of aliphatic carboxylic acids is 1. The van der Waals surface area contributed by atoms with E-state index in [0.29, 0.717) is 38.0 Å². The molecule has 2 fully saturated rings. The van der Waals surface area contributed by atoms with Crippen molar-refractivity contribution in [3.63, 3.8) is 0 Å². The summed E-state index contributed by atoms with van der Waals surface area (Å²) in [6.07, 6.45) is 1.32. The van der Waals surface area contributed by atoms with Crippen LogP contribution in [0.1, 0.15) is 23.2 Å². The van der Waals surface area contributed by atoms with Gasteiger partial charge in [-0.1, -0.05) is 0 Å². The molecule has 2 aliphatic heterocycles. The van der Waals surface area contributed by atoms with Gasteiger partial charge in [0, 0.05) is 37.4 Å². The lowest BCUT2D eigenvalue weighted by molar-refractivity contribution is -0.143. The second-order valence-corrected chi connectivity index (χ2v) is 5.86. The van der Waals surface area contributed by atoms with Crippen LogP contribution in [-0.2, 0) is 4.79 Å². The number of nitrogens with one attached hydrogen (secondary N) is 1. The van der Waals surface area contributed by atoms with Gasteiger partial charge < -0.3 is 15.3 Å². The number of hydrogen-bond donors (Lipinski definition) is 2. The van der Waals surface area contributed by atoms with Crippen LogP contribution in [0.4, 0.5) is 10.5 Å². The maximum absolute atomic E-state index is 12.5. The third-order valence-electron chi connectivity index (χ3n) is 4.34. The van der Waals surface area contributed by atoms with E-state index in [1.165, 1.54) is 0 Å². The van der Waals surface area contributed by atoms with Gasteiger partial charge in [-0.25, -0.2) is 4.79 Å². The number of nitrogens with zero attached hydrogens (tertiary/aromatic N) is 2. The quantitative estimate of drug-likeness (QED) is 0.875. The average molecular weight is 317 g/mol. The zero-order valence-corrected chi connectivity index (χ0v) is 12.7. The minimum absolute atomic E-state index is 0.135. The van der Waals surface area contributed by atoms with E-state index in [0.717, 1.165) is 5.69 Å². The highest BCUT2D eigenvalue weighted by molar-refractivity contribution is 5.97. The van der Waals surface area contributed by atoms with Gasteiger partial charge in [0.15, 0.2) is 0 Å². The van der Waals surface area contributed by atoms with Gasteiger partial charge in [-0.05, 0) is 37.1 Å². The Morgan fingerprint density at radius 2 is 1.91 bits per heavy atom. The van der Waals surface area contributed by atoms with Crippen LogP contribution in [0.2, 0.25) is 0 Å². The Balaban J connectivity index is 1.70. The molecule has 0 radical (unpaired) electrons. The van der Waals surface area contributed by atoms with Gasteiger partial charge >= 0.3 is 12.0 Å². The van der Waals surface area contributed by atoms with Crippen LogP contribution >= 0.6 is 0 Å². The molecule has 0 spiro atoms. The number of carboxylic acid groups (broad SMARTS) is 1. The van der Waals surface area contributed by atoms with E-state index < -0.39 is 11.9 Å². The molecule has 0 aromatic heterocycles. The van der Waals surface area contributed by atoms with E-state index in [-0.39, 0.29) is 18.5 Å². The van der Waals surface area contributed by atoms with Crippen LogP contribution in [0.5, 0.6) is 0 Å². The first-order valence-electron chi connectivity index (χ1n) is 7.74. The lowest BCUT2D eigenvalue weighted by atomic mass is 9.97. The molecule has 1 aromatic carbocycles. The van der Waals surface area contributed by atoms with Gasteiger partial charge in [-0.3, -0.25) is 14.5 Å². The fourth-order valence-electron chi connectivity index (χ4n) is 3.05. The first-order chi connectivity index (χ1) is 11.1. The molecule has 0 aliphatic carbocycles. The van der Waals surface area contributed by atoms with Crippen molar-refractivity contribution in [2.75, 3.05) is 31.1 Å². The summed E-state index contributed by atoms with van der Waals surface area (Å²) in [5.74, 6) is -1.49. The minimum Gasteiger partial charge on any atom is -0.481 e. The molecule has 2 saturated heterocycles. The Labute approximate surface area is 133 Å². The maximum Gasteiger partial charge on any atom is 0.321 e. The van der Waals surface area contributed by atoms with Crippen molar-refractivity contribution >= 4 is 23.6 Å². The highest BCUT2D eigenvalue weighted by Gasteiger charge is 2.29. The van der Waals surface area contributed by atoms with E-state index in [1.54, 1.807) is 34.1 Å². The van der Waals surface area contributed by atoms with Crippen molar-refractivity contribution in [3.05, 3.63) is 29.8 Å². The number of carboxylic acids is 1. The monoisotopic (exact) mass is 317 g/mol. The zero-order chi connectivity index (χ0) is 16.4. The number of amides is 3. The van der Waals surface area contributed by atoms with Crippen molar-refractivity contribution in [1.29, 1.82) is 0 Å². The van der Waals surface area contributed by atoms with Gasteiger partial charge in [0.2, 0.25) is 0 Å². The number of rotatable bonds is 3. The predicted molar refractivity (Wildman–Crippen MR) is 83.5 cm³/mol. The standard InChI is InChI=1S/C16H19N3O4/c20-14(18-8-1-2-12(10-18)15(21)22)11-3-5-13(6-4-11)19-9-7-17-16(19)23/h3-6,12H,1-2,7-10H2,(H,17,23)(H,21,22)/t12-/m1/s1. The van der Waals surface area contributed by atoms with E-state index in [9.17, 15) is 14.4 Å². The van der Waals surface area contributed by atoms with Crippen molar-refractivity contribution in [2.45, 2.75) is 12.8 Å². The van der Waals surface area contributed by atoms with Gasteiger partial charge in [0.05, 0.1) is 5.92 Å². The highest BCUT2D eigenvalue weighted by atomic mass is 16.4. The molecular weight excluding hydrogens is 298 g/mol. The summed E-state index contributed by atoms with van der Waals surface area (Å²) in [4.78, 5) is 38.4. The van der Waals surface area contributed by atoms with Crippen LogP contribution in [0.25, 0.3) is 0 Å². The van der Waals surface area contributed by atoms with Gasteiger partial charge in [0.25, 0.3) is 5.91 Å². The second kappa shape index (κ2) is 6.28. The molecule has 2 aliphatic rings. The van der Waals surface area contributed by atoms with E-state index >= 15 is 0 Å². The number of likely N-dealkylation sites (tertiary alicyclic amines) is 1. The molecule has 7 heteroatoms. The van der Waals surface area contributed by atoms with E-state index in [2.05, 4.69) is 5.32 Å². The van der Waals surface area contributed by atoms with Gasteiger partial charge in [-0.15, -0.1) is 0 Å². The maximum atomic E-state index is 12.5. The largest absolute Gasteiger partial charge is 0.481 e. The molecule has 0 unspecified atom stereocenters. The number of urea groups is 1.